The molecule has 1 aromatic rings. The molecule has 1 saturated carbocycles. The molecule has 0 spiro atoms. The molecule has 1 saturated heterocycles. The predicted molar refractivity (Wildman–Crippen MR) is 117 cm³/mol. The molecule has 1 aromatic carbocycles. The zero-order chi connectivity index (χ0) is 19.2. The maximum atomic E-state index is 13.7. The maximum Gasteiger partial charge on any atom is 0.225 e. The lowest BCUT2D eigenvalue weighted by Crippen LogP contribution is -2.45. The van der Waals surface area contributed by atoms with Gasteiger partial charge < -0.3 is 15.5 Å². The molecule has 8 heteroatoms. The number of amides is 1. The van der Waals surface area contributed by atoms with Crippen LogP contribution in [0.15, 0.2) is 23.2 Å². The quantitative estimate of drug-likeness (QED) is 0.367. The van der Waals surface area contributed by atoms with Crippen LogP contribution in [0.5, 0.6) is 0 Å². The van der Waals surface area contributed by atoms with Gasteiger partial charge in [-0.1, -0.05) is 25.0 Å². The minimum Gasteiger partial charge on any atom is -0.356 e. The van der Waals surface area contributed by atoms with Crippen LogP contribution in [-0.2, 0) is 11.2 Å². The van der Waals surface area contributed by atoms with Gasteiger partial charge in [-0.2, -0.15) is 0 Å². The van der Waals surface area contributed by atoms with Gasteiger partial charge in [-0.05, 0) is 37.3 Å². The molecule has 1 amide bonds. The predicted octanol–water partition coefficient (Wildman–Crippen LogP) is 3.08. The Labute approximate surface area is 182 Å². The molecule has 1 heterocycles. The smallest absolute Gasteiger partial charge is 0.225 e. The second-order valence-corrected chi connectivity index (χ2v) is 7.36. The number of nitrogens with one attached hydrogen (secondary N) is 2. The second-order valence-electron chi connectivity index (χ2n) is 7.36. The Hall–Kier alpha value is -1.45. The van der Waals surface area contributed by atoms with E-state index in [4.69, 9.17) is 0 Å². The van der Waals surface area contributed by atoms with Crippen molar-refractivity contribution >= 4 is 35.8 Å². The van der Waals surface area contributed by atoms with Gasteiger partial charge in [-0.25, -0.2) is 8.78 Å². The van der Waals surface area contributed by atoms with Crippen molar-refractivity contribution in [2.24, 2.45) is 10.9 Å². The molecular formula is C20H29F2IN4O. The van der Waals surface area contributed by atoms with Crippen LogP contribution in [0.4, 0.5) is 8.78 Å². The summed E-state index contributed by atoms with van der Waals surface area (Å²) in [6.45, 7) is 1.91. The number of hydrogen-bond donors (Lipinski definition) is 2. The Balaban J connectivity index is 0.00000280. The molecule has 1 atom stereocenters. The zero-order valence-electron chi connectivity index (χ0n) is 16.2. The maximum absolute atomic E-state index is 13.7. The van der Waals surface area contributed by atoms with E-state index in [1.165, 1.54) is 6.07 Å². The summed E-state index contributed by atoms with van der Waals surface area (Å²) < 4.78 is 26.9. The fraction of sp³-hybridized carbons (Fsp3) is 0.600. The van der Waals surface area contributed by atoms with E-state index in [9.17, 15) is 13.6 Å². The third kappa shape index (κ3) is 5.78. The molecular weight excluding hydrogens is 477 g/mol. The molecule has 1 unspecified atom stereocenters. The molecule has 0 radical (unpaired) electrons. The van der Waals surface area contributed by atoms with E-state index in [1.807, 2.05) is 4.90 Å². The Morgan fingerprint density at radius 2 is 2.00 bits per heavy atom. The van der Waals surface area contributed by atoms with E-state index in [0.717, 1.165) is 44.7 Å². The molecule has 2 fully saturated rings. The first-order chi connectivity index (χ1) is 13.1. The molecule has 2 N–H and O–H groups in total. The standard InChI is InChI=1S/C20H28F2N4O.HI/c1-23-20(24-11-9-14-7-4-8-17(21)18(14)22)25-16-10-12-26(13-16)19(27)15-5-2-3-6-15;/h4,7-8,15-16H,2-3,5-6,9-13H2,1H3,(H2,23,24,25);1H. The lowest BCUT2D eigenvalue weighted by atomic mass is 10.1. The van der Waals surface area contributed by atoms with Gasteiger partial charge in [0.05, 0.1) is 0 Å². The van der Waals surface area contributed by atoms with Crippen LogP contribution in [-0.4, -0.2) is 49.5 Å². The van der Waals surface area contributed by atoms with Crippen LogP contribution < -0.4 is 10.6 Å². The fourth-order valence-corrected chi connectivity index (χ4v) is 3.95. The minimum absolute atomic E-state index is 0. The molecule has 5 nitrogen and oxygen atoms in total. The van der Waals surface area contributed by atoms with Crippen molar-refractivity contribution in [2.45, 2.75) is 44.6 Å². The van der Waals surface area contributed by atoms with Gasteiger partial charge >= 0.3 is 0 Å². The molecule has 2 aliphatic rings. The summed E-state index contributed by atoms with van der Waals surface area (Å²) >= 11 is 0. The number of rotatable bonds is 5. The monoisotopic (exact) mass is 506 g/mol. The van der Waals surface area contributed by atoms with Crippen molar-refractivity contribution in [3.05, 3.63) is 35.4 Å². The highest BCUT2D eigenvalue weighted by Crippen LogP contribution is 2.27. The number of benzene rings is 1. The number of hydrogen-bond acceptors (Lipinski definition) is 2. The normalized spacial score (nSPS) is 20.2. The lowest BCUT2D eigenvalue weighted by molar-refractivity contribution is -0.134. The van der Waals surface area contributed by atoms with E-state index in [0.29, 0.717) is 36.9 Å². The van der Waals surface area contributed by atoms with Crippen molar-refractivity contribution in [2.75, 3.05) is 26.7 Å². The molecule has 28 heavy (non-hydrogen) atoms. The Morgan fingerprint density at radius 1 is 1.25 bits per heavy atom. The van der Waals surface area contributed by atoms with Crippen LogP contribution in [0.3, 0.4) is 0 Å². The van der Waals surface area contributed by atoms with Crippen molar-refractivity contribution < 1.29 is 13.6 Å². The Kier molecular flexibility index (Phi) is 8.91. The van der Waals surface area contributed by atoms with Crippen molar-refractivity contribution in [1.82, 2.24) is 15.5 Å². The number of halogens is 3. The van der Waals surface area contributed by atoms with Crippen LogP contribution >= 0.6 is 24.0 Å². The number of guanidine groups is 1. The largest absolute Gasteiger partial charge is 0.356 e. The van der Waals surface area contributed by atoms with Gasteiger partial charge in [0.25, 0.3) is 0 Å². The third-order valence-corrected chi connectivity index (χ3v) is 5.49. The van der Waals surface area contributed by atoms with Gasteiger partial charge in [0, 0.05) is 38.6 Å². The summed E-state index contributed by atoms with van der Waals surface area (Å²) in [6.07, 6.45) is 5.61. The Bertz CT molecular complexity index is 695. The highest BCUT2D eigenvalue weighted by atomic mass is 127. The van der Waals surface area contributed by atoms with Crippen LogP contribution in [0, 0.1) is 17.6 Å². The van der Waals surface area contributed by atoms with Crippen molar-refractivity contribution in [1.29, 1.82) is 0 Å². The molecule has 3 rings (SSSR count). The van der Waals surface area contributed by atoms with Crippen LogP contribution in [0.2, 0.25) is 0 Å². The van der Waals surface area contributed by atoms with E-state index >= 15 is 0 Å². The van der Waals surface area contributed by atoms with Crippen molar-refractivity contribution in [3.8, 4) is 0 Å². The molecule has 1 aliphatic carbocycles. The van der Waals surface area contributed by atoms with Crippen molar-refractivity contribution in [3.63, 3.8) is 0 Å². The molecule has 0 bridgehead atoms. The van der Waals surface area contributed by atoms with Gasteiger partial charge in [-0.3, -0.25) is 9.79 Å². The number of nitrogens with zero attached hydrogens (tertiary/aromatic N) is 2. The zero-order valence-corrected chi connectivity index (χ0v) is 18.5. The Morgan fingerprint density at radius 3 is 2.71 bits per heavy atom. The molecule has 156 valence electrons. The van der Waals surface area contributed by atoms with Crippen LogP contribution in [0.1, 0.15) is 37.7 Å². The summed E-state index contributed by atoms with van der Waals surface area (Å²) in [7, 11) is 1.68. The first-order valence-electron chi connectivity index (χ1n) is 9.77. The fourth-order valence-electron chi connectivity index (χ4n) is 3.95. The van der Waals surface area contributed by atoms with Gasteiger partial charge in [0.1, 0.15) is 0 Å². The second kappa shape index (κ2) is 10.9. The first kappa shape index (κ1) is 22.8. The van der Waals surface area contributed by atoms with E-state index in [2.05, 4.69) is 15.6 Å². The average Bonchev–Trinajstić information content (AvgIpc) is 3.36. The van der Waals surface area contributed by atoms with E-state index in [1.54, 1.807) is 13.1 Å². The van der Waals surface area contributed by atoms with Gasteiger partial charge in [0.15, 0.2) is 17.6 Å². The van der Waals surface area contributed by atoms with Gasteiger partial charge in [-0.15, -0.1) is 24.0 Å². The van der Waals surface area contributed by atoms with E-state index < -0.39 is 11.6 Å². The highest BCUT2D eigenvalue weighted by molar-refractivity contribution is 14.0. The molecule has 1 aliphatic heterocycles. The third-order valence-electron chi connectivity index (χ3n) is 5.49. The lowest BCUT2D eigenvalue weighted by Gasteiger charge is -2.21. The number of carbonyl (C=O) groups is 1. The summed E-state index contributed by atoms with van der Waals surface area (Å²) in [4.78, 5) is 18.7. The van der Waals surface area contributed by atoms with Crippen LogP contribution in [0.25, 0.3) is 0 Å². The summed E-state index contributed by atoms with van der Waals surface area (Å²) in [5.41, 5.74) is 0.340. The first-order valence-corrected chi connectivity index (χ1v) is 9.77. The SMILES string of the molecule is CN=C(NCCc1cccc(F)c1F)NC1CCN(C(=O)C2CCCC2)C1.I. The van der Waals surface area contributed by atoms with E-state index in [-0.39, 0.29) is 35.9 Å². The summed E-state index contributed by atoms with van der Waals surface area (Å²) in [5.74, 6) is -0.497. The highest BCUT2D eigenvalue weighted by Gasteiger charge is 2.32. The molecule has 0 aromatic heterocycles. The van der Waals surface area contributed by atoms with Gasteiger partial charge in [0.2, 0.25) is 5.91 Å². The minimum atomic E-state index is -0.826. The number of likely N-dealkylation sites (tertiary alicyclic amines) is 1. The average molecular weight is 506 g/mol. The number of carbonyl (C=O) groups excluding carboxylic acids is 1. The number of aliphatic imine (C=N–C) groups is 1. The summed E-state index contributed by atoms with van der Waals surface area (Å²) in [6, 6.07) is 4.37. The topological polar surface area (TPSA) is 56.7 Å². The summed E-state index contributed by atoms with van der Waals surface area (Å²) in [5, 5.41) is 6.47.